The van der Waals surface area contributed by atoms with Crippen molar-refractivity contribution in [1.82, 2.24) is 4.90 Å². The van der Waals surface area contributed by atoms with Gasteiger partial charge in [-0.25, -0.2) is 0 Å². The van der Waals surface area contributed by atoms with E-state index in [1.165, 1.54) is 31.7 Å². The van der Waals surface area contributed by atoms with Gasteiger partial charge < -0.3 is 5.73 Å². The monoisotopic (exact) mass is 186 g/mol. The maximum absolute atomic E-state index is 5.78. The molecule has 0 aromatic rings. The van der Waals surface area contributed by atoms with Crippen LogP contribution in [-0.4, -0.2) is 41.1 Å². The molecule has 2 fully saturated rings. The Kier molecular flexibility index (Phi) is 2.63. The van der Waals surface area contributed by atoms with Gasteiger partial charge in [0.1, 0.15) is 0 Å². The average molecular weight is 186 g/mol. The van der Waals surface area contributed by atoms with E-state index in [0.717, 1.165) is 11.3 Å². The number of hydrogen-bond donors (Lipinski definition) is 1. The van der Waals surface area contributed by atoms with E-state index in [9.17, 15) is 0 Å². The Morgan fingerprint density at radius 2 is 2.17 bits per heavy atom. The highest BCUT2D eigenvalue weighted by Gasteiger charge is 2.32. The summed E-state index contributed by atoms with van der Waals surface area (Å²) in [6.45, 7) is 4.89. The first-order valence-corrected chi connectivity index (χ1v) is 5.92. The summed E-state index contributed by atoms with van der Waals surface area (Å²) in [6, 6.07) is 1.32. The van der Waals surface area contributed by atoms with E-state index in [4.69, 9.17) is 5.73 Å². The van der Waals surface area contributed by atoms with Crippen LogP contribution in [0.15, 0.2) is 0 Å². The molecule has 2 aliphatic rings. The molecule has 0 bridgehead atoms. The van der Waals surface area contributed by atoms with Crippen LogP contribution in [0, 0.1) is 0 Å². The molecule has 3 heteroatoms. The van der Waals surface area contributed by atoms with Gasteiger partial charge in [-0.3, -0.25) is 4.90 Å². The van der Waals surface area contributed by atoms with Crippen LogP contribution >= 0.6 is 11.8 Å². The third-order valence-corrected chi connectivity index (χ3v) is 4.07. The fourth-order valence-electron chi connectivity index (χ4n) is 2.11. The van der Waals surface area contributed by atoms with Crippen molar-refractivity contribution < 1.29 is 0 Å². The maximum atomic E-state index is 5.78. The molecular formula is C9H18N2S. The lowest BCUT2D eigenvalue weighted by Gasteiger charge is -2.44. The fourth-order valence-corrected chi connectivity index (χ4v) is 3.14. The lowest BCUT2D eigenvalue weighted by molar-refractivity contribution is 0.116. The van der Waals surface area contributed by atoms with E-state index >= 15 is 0 Å². The molecule has 0 radical (unpaired) electrons. The molecule has 12 heavy (non-hydrogen) atoms. The summed E-state index contributed by atoms with van der Waals surface area (Å²) >= 11 is 2.10. The van der Waals surface area contributed by atoms with Crippen molar-refractivity contribution in [1.29, 1.82) is 0 Å². The lowest BCUT2D eigenvalue weighted by Crippen LogP contribution is -2.53. The third-order valence-electron chi connectivity index (χ3n) is 2.94. The van der Waals surface area contributed by atoms with E-state index in [0.29, 0.717) is 6.04 Å². The molecule has 2 rings (SSSR count). The standard InChI is InChI=1S/C9H18N2S/c1-7-6-11(2-3-12-7)9-4-8(10)5-9/h7-9H,2-6,10H2,1H3. The van der Waals surface area contributed by atoms with Crippen molar-refractivity contribution in [3.05, 3.63) is 0 Å². The summed E-state index contributed by atoms with van der Waals surface area (Å²) in [6.07, 6.45) is 2.47. The largest absolute Gasteiger partial charge is 0.328 e. The SMILES string of the molecule is CC1CN(C2CC(N)C2)CCS1. The van der Waals surface area contributed by atoms with E-state index in [2.05, 4.69) is 23.6 Å². The van der Waals surface area contributed by atoms with Crippen LogP contribution in [0.4, 0.5) is 0 Å². The topological polar surface area (TPSA) is 29.3 Å². The molecule has 1 aliphatic heterocycles. The summed E-state index contributed by atoms with van der Waals surface area (Å²) < 4.78 is 0. The molecule has 0 spiro atoms. The highest BCUT2D eigenvalue weighted by Crippen LogP contribution is 2.28. The van der Waals surface area contributed by atoms with Crippen molar-refractivity contribution in [3.63, 3.8) is 0 Å². The van der Waals surface area contributed by atoms with Crippen LogP contribution in [0.5, 0.6) is 0 Å². The smallest absolute Gasteiger partial charge is 0.0147 e. The lowest BCUT2D eigenvalue weighted by atomic mass is 9.86. The zero-order valence-electron chi connectivity index (χ0n) is 7.70. The zero-order chi connectivity index (χ0) is 8.55. The van der Waals surface area contributed by atoms with Crippen LogP contribution in [0.3, 0.4) is 0 Å². The summed E-state index contributed by atoms with van der Waals surface area (Å²) in [5.74, 6) is 1.31. The summed E-state index contributed by atoms with van der Waals surface area (Å²) in [5.41, 5.74) is 5.78. The maximum Gasteiger partial charge on any atom is 0.0147 e. The van der Waals surface area contributed by atoms with Gasteiger partial charge in [0.05, 0.1) is 0 Å². The van der Waals surface area contributed by atoms with Crippen LogP contribution in [0.25, 0.3) is 0 Å². The minimum absolute atomic E-state index is 0.500. The number of nitrogens with two attached hydrogens (primary N) is 1. The second-order valence-electron chi connectivity index (χ2n) is 4.06. The van der Waals surface area contributed by atoms with Gasteiger partial charge in [0.25, 0.3) is 0 Å². The van der Waals surface area contributed by atoms with Gasteiger partial charge in [-0.05, 0) is 12.8 Å². The van der Waals surface area contributed by atoms with Crippen molar-refractivity contribution in [2.45, 2.75) is 37.1 Å². The summed E-state index contributed by atoms with van der Waals surface area (Å²) in [5, 5.41) is 0.829. The van der Waals surface area contributed by atoms with Gasteiger partial charge in [0.15, 0.2) is 0 Å². The predicted octanol–water partition coefficient (Wildman–Crippen LogP) is 0.913. The molecule has 0 aromatic carbocycles. The Morgan fingerprint density at radius 1 is 1.42 bits per heavy atom. The van der Waals surface area contributed by atoms with Gasteiger partial charge in [-0.1, -0.05) is 6.92 Å². The zero-order valence-corrected chi connectivity index (χ0v) is 8.52. The molecular weight excluding hydrogens is 168 g/mol. The molecule has 1 aliphatic carbocycles. The van der Waals surface area contributed by atoms with Crippen LogP contribution in [0.2, 0.25) is 0 Å². The molecule has 2 N–H and O–H groups in total. The highest BCUT2D eigenvalue weighted by atomic mass is 32.2. The molecule has 1 unspecified atom stereocenters. The number of nitrogens with zero attached hydrogens (tertiary/aromatic N) is 1. The Labute approximate surface area is 78.9 Å². The van der Waals surface area contributed by atoms with E-state index in [1.807, 2.05) is 0 Å². The number of rotatable bonds is 1. The van der Waals surface area contributed by atoms with E-state index in [-0.39, 0.29) is 0 Å². The van der Waals surface area contributed by atoms with Crippen molar-refractivity contribution in [3.8, 4) is 0 Å². The first-order chi connectivity index (χ1) is 5.75. The number of thioether (sulfide) groups is 1. The molecule has 2 nitrogen and oxygen atoms in total. The molecule has 1 atom stereocenters. The molecule has 70 valence electrons. The van der Waals surface area contributed by atoms with Gasteiger partial charge in [-0.2, -0.15) is 11.8 Å². The first-order valence-electron chi connectivity index (χ1n) is 4.87. The highest BCUT2D eigenvalue weighted by molar-refractivity contribution is 7.99. The van der Waals surface area contributed by atoms with Gasteiger partial charge in [0, 0.05) is 36.2 Å². The first kappa shape index (κ1) is 8.85. The quantitative estimate of drug-likeness (QED) is 0.660. The van der Waals surface area contributed by atoms with E-state index < -0.39 is 0 Å². The second kappa shape index (κ2) is 3.56. The average Bonchev–Trinajstić information content (AvgIpc) is 1.99. The van der Waals surface area contributed by atoms with Crippen LogP contribution < -0.4 is 5.73 Å². The molecule has 1 saturated carbocycles. The van der Waals surface area contributed by atoms with Gasteiger partial charge in [0.2, 0.25) is 0 Å². The van der Waals surface area contributed by atoms with E-state index in [1.54, 1.807) is 0 Å². The normalized spacial score (nSPS) is 44.0. The molecule has 0 aromatic heterocycles. The van der Waals surface area contributed by atoms with Crippen molar-refractivity contribution in [2.24, 2.45) is 5.73 Å². The Balaban J connectivity index is 1.80. The van der Waals surface area contributed by atoms with Crippen molar-refractivity contribution >= 4 is 11.8 Å². The van der Waals surface area contributed by atoms with Crippen molar-refractivity contribution in [2.75, 3.05) is 18.8 Å². The second-order valence-corrected chi connectivity index (χ2v) is 5.61. The Bertz CT molecular complexity index is 157. The summed E-state index contributed by atoms with van der Waals surface area (Å²) in [4.78, 5) is 2.63. The molecule has 1 heterocycles. The van der Waals surface area contributed by atoms with Crippen LogP contribution in [-0.2, 0) is 0 Å². The minimum atomic E-state index is 0.500. The fraction of sp³-hybridized carbons (Fsp3) is 1.00. The number of hydrogen-bond acceptors (Lipinski definition) is 3. The molecule has 1 saturated heterocycles. The minimum Gasteiger partial charge on any atom is -0.328 e. The van der Waals surface area contributed by atoms with Gasteiger partial charge in [-0.15, -0.1) is 0 Å². The third kappa shape index (κ3) is 1.78. The summed E-state index contributed by atoms with van der Waals surface area (Å²) in [7, 11) is 0. The van der Waals surface area contributed by atoms with Crippen LogP contribution in [0.1, 0.15) is 19.8 Å². The Hall–Kier alpha value is 0.270. The Morgan fingerprint density at radius 3 is 2.75 bits per heavy atom. The van der Waals surface area contributed by atoms with Gasteiger partial charge >= 0.3 is 0 Å². The predicted molar refractivity (Wildman–Crippen MR) is 54.5 cm³/mol. The molecule has 0 amide bonds.